The maximum absolute atomic E-state index is 12.4. The van der Waals surface area contributed by atoms with Crippen LogP contribution in [-0.4, -0.2) is 49.0 Å². The van der Waals surface area contributed by atoms with Gasteiger partial charge in [0.2, 0.25) is 5.91 Å². The molecule has 1 amide bonds. The zero-order chi connectivity index (χ0) is 21.8. The van der Waals surface area contributed by atoms with Gasteiger partial charge in [-0.15, -0.1) is 11.3 Å². The van der Waals surface area contributed by atoms with Crippen molar-refractivity contribution in [1.82, 2.24) is 10.2 Å². The van der Waals surface area contributed by atoms with Gasteiger partial charge in [0.1, 0.15) is 0 Å². The molecule has 2 atom stereocenters. The molecule has 5 nitrogen and oxygen atoms in total. The number of ketones is 1. The Bertz CT molecular complexity index is 713. The lowest BCUT2D eigenvalue weighted by atomic mass is 9.90. The van der Waals surface area contributed by atoms with Crippen molar-refractivity contribution < 1.29 is 27.5 Å². The summed E-state index contributed by atoms with van der Waals surface area (Å²) in [7, 11) is 0. The number of likely N-dealkylation sites (tertiary alicyclic amines) is 1. The van der Waals surface area contributed by atoms with E-state index < -0.39 is 12.8 Å². The molecular formula is C20H29F3N2O3S. The molecule has 1 saturated heterocycles. The molecule has 0 aromatic carbocycles. The van der Waals surface area contributed by atoms with Crippen LogP contribution in [0.15, 0.2) is 12.1 Å². The number of alkyl halides is 3. The molecule has 1 aromatic heterocycles. The number of amides is 1. The van der Waals surface area contributed by atoms with Gasteiger partial charge in [0.05, 0.1) is 12.6 Å². The average Bonchev–Trinajstić information content (AvgIpc) is 3.20. The summed E-state index contributed by atoms with van der Waals surface area (Å²) in [4.78, 5) is 27.4. The molecule has 164 valence electrons. The molecule has 0 bridgehead atoms. The van der Waals surface area contributed by atoms with Crippen molar-refractivity contribution in [2.75, 3.05) is 26.2 Å². The van der Waals surface area contributed by atoms with Gasteiger partial charge >= 0.3 is 6.18 Å². The third kappa shape index (κ3) is 7.97. The number of nitrogens with zero attached hydrogens (tertiary/aromatic N) is 1. The number of hydrogen-bond donors (Lipinski definition) is 1. The maximum atomic E-state index is 12.4. The highest BCUT2D eigenvalue weighted by atomic mass is 32.1. The summed E-state index contributed by atoms with van der Waals surface area (Å²) in [6.07, 6.45) is -3.14. The Morgan fingerprint density at radius 1 is 1.31 bits per heavy atom. The second-order valence-corrected chi connectivity index (χ2v) is 9.69. The van der Waals surface area contributed by atoms with Crippen molar-refractivity contribution in [1.29, 1.82) is 0 Å². The Labute approximate surface area is 173 Å². The highest BCUT2D eigenvalue weighted by Gasteiger charge is 2.30. The molecule has 1 N–H and O–H groups in total. The number of rotatable bonds is 8. The summed E-state index contributed by atoms with van der Waals surface area (Å²) in [6, 6.07) is 2.84. The van der Waals surface area contributed by atoms with Crippen LogP contribution in [-0.2, 0) is 9.59 Å². The van der Waals surface area contributed by atoms with Crippen LogP contribution in [0.2, 0.25) is 0 Å². The van der Waals surface area contributed by atoms with Gasteiger partial charge in [0.15, 0.2) is 17.5 Å². The fourth-order valence-corrected chi connectivity index (χ4v) is 3.95. The van der Waals surface area contributed by atoms with Gasteiger partial charge in [-0.1, -0.05) is 20.8 Å². The van der Waals surface area contributed by atoms with Crippen LogP contribution in [0, 0.1) is 11.3 Å². The smallest absolute Gasteiger partial charge is 0.422 e. The topological polar surface area (TPSA) is 58.6 Å². The molecule has 9 heteroatoms. The lowest BCUT2D eigenvalue weighted by Gasteiger charge is -2.22. The van der Waals surface area contributed by atoms with Crippen LogP contribution < -0.4 is 10.1 Å². The summed E-state index contributed by atoms with van der Waals surface area (Å²) < 4.78 is 41.4. The van der Waals surface area contributed by atoms with E-state index in [0.29, 0.717) is 13.0 Å². The number of thiophene rings is 1. The summed E-state index contributed by atoms with van der Waals surface area (Å²) in [5, 5.41) is 3.07. The number of ether oxygens (including phenoxy) is 1. The first-order valence-corrected chi connectivity index (χ1v) is 10.5. The zero-order valence-corrected chi connectivity index (χ0v) is 18.1. The standard InChI is InChI=1S/C20H29F3N2O3S/c1-13(15-5-6-18(29-15)28-12-20(21,22)23)24-17(27)9-14-7-8-25(10-14)11-16(26)19(2,3)4/h5-6,13-14H,7-12H2,1-4H3,(H,24,27)/t13-,14-/m1/s1. The minimum absolute atomic E-state index is 0.0994. The SMILES string of the molecule is C[C@@H](NC(=O)C[C@H]1CCN(CC(=O)C(C)(C)C)C1)c1ccc(OCC(F)(F)F)s1. The quantitative estimate of drug-likeness (QED) is 0.667. The molecule has 2 heterocycles. The van der Waals surface area contributed by atoms with Gasteiger partial charge in [-0.3, -0.25) is 14.5 Å². The van der Waals surface area contributed by atoms with E-state index in [9.17, 15) is 22.8 Å². The Morgan fingerprint density at radius 3 is 2.62 bits per heavy atom. The summed E-state index contributed by atoms with van der Waals surface area (Å²) >= 11 is 1.09. The van der Waals surface area contributed by atoms with Gasteiger partial charge < -0.3 is 10.1 Å². The fourth-order valence-electron chi connectivity index (χ4n) is 3.09. The van der Waals surface area contributed by atoms with Crippen molar-refractivity contribution in [3.8, 4) is 5.06 Å². The van der Waals surface area contributed by atoms with Gasteiger partial charge in [0.25, 0.3) is 0 Å². The largest absolute Gasteiger partial charge is 0.475 e. The van der Waals surface area contributed by atoms with E-state index >= 15 is 0 Å². The average molecular weight is 435 g/mol. The summed E-state index contributed by atoms with van der Waals surface area (Å²) in [5.41, 5.74) is -0.367. The van der Waals surface area contributed by atoms with E-state index in [2.05, 4.69) is 10.2 Å². The van der Waals surface area contributed by atoms with Crippen LogP contribution in [0.1, 0.15) is 51.5 Å². The van der Waals surface area contributed by atoms with E-state index in [1.54, 1.807) is 13.0 Å². The highest BCUT2D eigenvalue weighted by Crippen LogP contribution is 2.31. The molecule has 0 aliphatic carbocycles. The van der Waals surface area contributed by atoms with Crippen molar-refractivity contribution in [2.24, 2.45) is 11.3 Å². The van der Waals surface area contributed by atoms with Crippen molar-refractivity contribution in [3.63, 3.8) is 0 Å². The third-order valence-electron chi connectivity index (χ3n) is 4.83. The number of nitrogens with one attached hydrogen (secondary N) is 1. The van der Waals surface area contributed by atoms with Crippen LogP contribution in [0.4, 0.5) is 13.2 Å². The third-order valence-corrected chi connectivity index (χ3v) is 6.01. The Morgan fingerprint density at radius 2 is 2.00 bits per heavy atom. The number of hydrogen-bond acceptors (Lipinski definition) is 5. The Balaban J connectivity index is 1.76. The summed E-state index contributed by atoms with van der Waals surface area (Å²) in [5.74, 6) is 0.291. The van der Waals surface area contributed by atoms with Crippen LogP contribution in [0.5, 0.6) is 5.06 Å². The molecule has 1 aromatic rings. The minimum Gasteiger partial charge on any atom is -0.475 e. The predicted octanol–water partition coefficient (Wildman–Crippen LogP) is 4.19. The molecule has 1 aliphatic heterocycles. The molecule has 1 fully saturated rings. The van der Waals surface area contributed by atoms with Crippen molar-refractivity contribution >= 4 is 23.0 Å². The molecule has 29 heavy (non-hydrogen) atoms. The molecule has 1 aliphatic rings. The summed E-state index contributed by atoms with van der Waals surface area (Å²) in [6.45, 7) is 8.11. The molecule has 0 spiro atoms. The molecule has 2 rings (SSSR count). The van der Waals surface area contributed by atoms with Crippen LogP contribution >= 0.6 is 11.3 Å². The number of carbonyl (C=O) groups is 2. The van der Waals surface area contributed by atoms with Gasteiger partial charge in [-0.05, 0) is 37.9 Å². The van der Waals surface area contributed by atoms with Gasteiger partial charge in [0, 0.05) is 23.3 Å². The van der Waals surface area contributed by atoms with E-state index in [-0.39, 0.29) is 34.1 Å². The monoisotopic (exact) mass is 434 g/mol. The molecule has 0 saturated carbocycles. The Kier molecular flexibility index (Phi) is 7.73. The molecule has 0 radical (unpaired) electrons. The first-order chi connectivity index (χ1) is 13.3. The lowest BCUT2D eigenvalue weighted by molar-refractivity contribution is -0.152. The second kappa shape index (κ2) is 9.47. The van der Waals surface area contributed by atoms with E-state index in [1.165, 1.54) is 6.07 Å². The van der Waals surface area contributed by atoms with Crippen molar-refractivity contribution in [2.45, 2.75) is 52.8 Å². The van der Waals surface area contributed by atoms with E-state index in [1.807, 2.05) is 20.8 Å². The fraction of sp³-hybridized carbons (Fsp3) is 0.700. The number of carbonyl (C=O) groups excluding carboxylic acids is 2. The molecular weight excluding hydrogens is 405 g/mol. The lowest BCUT2D eigenvalue weighted by Crippen LogP contribution is -2.35. The number of Topliss-reactive ketones (excluding diaryl/α,β-unsaturated/α-hetero) is 1. The van der Waals surface area contributed by atoms with Crippen molar-refractivity contribution in [3.05, 3.63) is 17.0 Å². The highest BCUT2D eigenvalue weighted by molar-refractivity contribution is 7.13. The van der Waals surface area contributed by atoms with Crippen LogP contribution in [0.3, 0.4) is 0 Å². The zero-order valence-electron chi connectivity index (χ0n) is 17.3. The van der Waals surface area contributed by atoms with Gasteiger partial charge in [-0.25, -0.2) is 0 Å². The first kappa shape index (κ1) is 23.7. The molecule has 0 unspecified atom stereocenters. The normalized spacial score (nSPS) is 19.2. The minimum atomic E-state index is -4.38. The second-order valence-electron chi connectivity index (χ2n) is 8.62. The van der Waals surface area contributed by atoms with Gasteiger partial charge in [-0.2, -0.15) is 13.2 Å². The maximum Gasteiger partial charge on any atom is 0.422 e. The number of halogens is 3. The predicted molar refractivity (Wildman–Crippen MR) is 106 cm³/mol. The Hall–Kier alpha value is -1.61. The van der Waals surface area contributed by atoms with E-state index in [0.717, 1.165) is 35.7 Å². The van der Waals surface area contributed by atoms with E-state index in [4.69, 9.17) is 4.74 Å². The first-order valence-electron chi connectivity index (χ1n) is 9.68. The van der Waals surface area contributed by atoms with Crippen LogP contribution in [0.25, 0.3) is 0 Å².